The average molecular weight is 317 g/mol. The highest BCUT2D eigenvalue weighted by atomic mass is 32.3. The predicted molar refractivity (Wildman–Crippen MR) is 79.1 cm³/mol. The second kappa shape index (κ2) is 6.17. The van der Waals surface area contributed by atoms with E-state index in [0.29, 0.717) is 23.4 Å². The Morgan fingerprint density at radius 3 is 2.52 bits per heavy atom. The topological polar surface area (TPSA) is 84.7 Å². The Morgan fingerprint density at radius 2 is 1.95 bits per heavy atom. The second-order valence-corrected chi connectivity index (χ2v) is 6.16. The SMILES string of the molecule is Cc1c(N)cc(CN2CCNCC2)c(C)c1OS(=O)(=O)F. The standard InChI is InChI=1S/C13H20FN3O3S/c1-9-11(8-17-5-3-16-4-6-17)7-12(15)10(2)13(9)20-21(14,18)19/h7,16H,3-6,8,15H2,1-2H3. The minimum absolute atomic E-state index is 0.0114. The van der Waals surface area contributed by atoms with Gasteiger partial charge in [-0.25, -0.2) is 0 Å². The first kappa shape index (κ1) is 16.0. The molecule has 0 amide bonds. The number of halogens is 1. The third-order valence-corrected chi connectivity index (χ3v) is 4.08. The molecule has 1 aliphatic rings. The molecule has 1 aromatic rings. The molecule has 1 aromatic carbocycles. The van der Waals surface area contributed by atoms with Gasteiger partial charge in [0.25, 0.3) is 0 Å². The van der Waals surface area contributed by atoms with Gasteiger partial charge in [-0.2, -0.15) is 8.42 Å². The van der Waals surface area contributed by atoms with Crippen LogP contribution in [-0.2, 0) is 17.0 Å². The second-order valence-electron chi connectivity index (χ2n) is 5.21. The molecule has 0 spiro atoms. The first-order chi connectivity index (χ1) is 9.78. The number of benzene rings is 1. The van der Waals surface area contributed by atoms with E-state index in [0.717, 1.165) is 31.7 Å². The monoisotopic (exact) mass is 317 g/mol. The zero-order chi connectivity index (χ0) is 15.6. The van der Waals surface area contributed by atoms with E-state index in [1.54, 1.807) is 19.9 Å². The van der Waals surface area contributed by atoms with E-state index < -0.39 is 10.5 Å². The first-order valence-corrected chi connectivity index (χ1v) is 8.04. The van der Waals surface area contributed by atoms with E-state index in [1.165, 1.54) is 0 Å². The minimum atomic E-state index is -5.07. The predicted octanol–water partition coefficient (Wildman–Crippen LogP) is 0.884. The molecular formula is C13H20FN3O3S. The lowest BCUT2D eigenvalue weighted by atomic mass is 10.0. The van der Waals surface area contributed by atoms with Crippen molar-refractivity contribution in [1.82, 2.24) is 10.2 Å². The van der Waals surface area contributed by atoms with Crippen LogP contribution in [0.2, 0.25) is 0 Å². The molecule has 0 aliphatic carbocycles. The summed E-state index contributed by atoms with van der Waals surface area (Å²) >= 11 is 0. The smallest absolute Gasteiger partial charge is 0.398 e. The molecule has 1 fully saturated rings. The zero-order valence-electron chi connectivity index (χ0n) is 12.1. The van der Waals surface area contributed by atoms with Gasteiger partial charge in [-0.15, -0.1) is 0 Å². The zero-order valence-corrected chi connectivity index (χ0v) is 13.0. The van der Waals surface area contributed by atoms with Crippen LogP contribution in [0.25, 0.3) is 0 Å². The van der Waals surface area contributed by atoms with Crippen molar-refractivity contribution in [2.75, 3.05) is 31.9 Å². The van der Waals surface area contributed by atoms with Crippen molar-refractivity contribution in [3.8, 4) is 5.75 Å². The molecule has 0 aromatic heterocycles. The number of nitrogens with zero attached hydrogens (tertiary/aromatic N) is 1. The fourth-order valence-corrected chi connectivity index (χ4v) is 2.91. The molecule has 0 atom stereocenters. The maximum Gasteiger partial charge on any atom is 0.488 e. The number of rotatable bonds is 4. The lowest BCUT2D eigenvalue weighted by Gasteiger charge is -2.28. The van der Waals surface area contributed by atoms with Crippen molar-refractivity contribution >= 4 is 16.2 Å². The Balaban J connectivity index is 2.33. The molecular weight excluding hydrogens is 297 g/mol. The molecule has 1 saturated heterocycles. The van der Waals surface area contributed by atoms with Crippen molar-refractivity contribution in [3.05, 3.63) is 22.8 Å². The normalized spacial score (nSPS) is 16.9. The van der Waals surface area contributed by atoms with Gasteiger partial charge in [0.2, 0.25) is 0 Å². The third kappa shape index (κ3) is 4.05. The van der Waals surface area contributed by atoms with Crippen LogP contribution in [0.15, 0.2) is 6.07 Å². The van der Waals surface area contributed by atoms with Crippen LogP contribution < -0.4 is 15.2 Å². The molecule has 0 saturated carbocycles. The summed E-state index contributed by atoms with van der Waals surface area (Å²) in [7, 11) is -5.07. The Hall–Kier alpha value is -1.38. The molecule has 0 bridgehead atoms. The first-order valence-electron chi connectivity index (χ1n) is 6.73. The van der Waals surface area contributed by atoms with E-state index >= 15 is 0 Å². The van der Waals surface area contributed by atoms with Crippen LogP contribution in [0, 0.1) is 13.8 Å². The number of hydrogen-bond acceptors (Lipinski definition) is 6. The molecule has 0 unspecified atom stereocenters. The van der Waals surface area contributed by atoms with Crippen LogP contribution in [0.4, 0.5) is 9.57 Å². The maximum atomic E-state index is 12.8. The average Bonchev–Trinajstić information content (AvgIpc) is 2.41. The maximum absolute atomic E-state index is 12.8. The molecule has 2 rings (SSSR count). The summed E-state index contributed by atoms with van der Waals surface area (Å²) in [5, 5.41) is 3.26. The van der Waals surface area contributed by atoms with Crippen LogP contribution in [-0.4, -0.2) is 39.5 Å². The van der Waals surface area contributed by atoms with Gasteiger partial charge >= 0.3 is 10.5 Å². The van der Waals surface area contributed by atoms with Crippen LogP contribution in [0.5, 0.6) is 5.75 Å². The Bertz CT molecular complexity index is 628. The molecule has 1 heterocycles. The highest BCUT2D eigenvalue weighted by Gasteiger charge is 2.20. The van der Waals surface area contributed by atoms with Gasteiger partial charge in [-0.1, -0.05) is 3.89 Å². The molecule has 8 heteroatoms. The van der Waals surface area contributed by atoms with Gasteiger partial charge in [0.1, 0.15) is 0 Å². The highest BCUT2D eigenvalue weighted by molar-refractivity contribution is 7.81. The van der Waals surface area contributed by atoms with Crippen molar-refractivity contribution in [3.63, 3.8) is 0 Å². The van der Waals surface area contributed by atoms with E-state index in [-0.39, 0.29) is 5.75 Å². The summed E-state index contributed by atoms with van der Waals surface area (Å²) in [6.45, 7) is 7.55. The third-order valence-electron chi connectivity index (χ3n) is 3.71. The van der Waals surface area contributed by atoms with E-state index in [1.807, 2.05) is 0 Å². The number of nitrogens with one attached hydrogen (secondary N) is 1. The summed E-state index contributed by atoms with van der Waals surface area (Å²) in [6.07, 6.45) is 0. The van der Waals surface area contributed by atoms with Crippen LogP contribution in [0.1, 0.15) is 16.7 Å². The highest BCUT2D eigenvalue weighted by Crippen LogP contribution is 2.33. The van der Waals surface area contributed by atoms with Gasteiger partial charge in [-0.3, -0.25) is 4.90 Å². The summed E-state index contributed by atoms with van der Waals surface area (Å²) in [6, 6.07) is 1.80. The fourth-order valence-electron chi connectivity index (χ4n) is 2.46. The van der Waals surface area contributed by atoms with E-state index in [2.05, 4.69) is 14.4 Å². The molecule has 118 valence electrons. The molecule has 21 heavy (non-hydrogen) atoms. The van der Waals surface area contributed by atoms with Crippen molar-refractivity contribution in [2.45, 2.75) is 20.4 Å². The number of nitrogens with two attached hydrogens (primary N) is 1. The number of piperazine rings is 1. The largest absolute Gasteiger partial charge is 0.488 e. The van der Waals surface area contributed by atoms with Gasteiger partial charge in [0.05, 0.1) is 0 Å². The van der Waals surface area contributed by atoms with Gasteiger partial charge < -0.3 is 15.2 Å². The summed E-state index contributed by atoms with van der Waals surface area (Å²) in [5.41, 5.74) is 8.15. The van der Waals surface area contributed by atoms with Gasteiger partial charge in [-0.05, 0) is 31.0 Å². The van der Waals surface area contributed by atoms with E-state index in [4.69, 9.17) is 5.73 Å². The summed E-state index contributed by atoms with van der Waals surface area (Å²) in [5.74, 6) is -0.0114. The van der Waals surface area contributed by atoms with Crippen molar-refractivity contribution < 1.29 is 16.5 Å². The Labute approximate surface area is 124 Å². The Kier molecular flexibility index (Phi) is 4.70. The van der Waals surface area contributed by atoms with Crippen LogP contribution in [0.3, 0.4) is 0 Å². The summed E-state index contributed by atoms with van der Waals surface area (Å²) in [4.78, 5) is 2.22. The molecule has 0 radical (unpaired) electrons. The fraction of sp³-hybridized carbons (Fsp3) is 0.538. The number of nitrogen functional groups attached to an aromatic ring is 1. The Morgan fingerprint density at radius 1 is 1.33 bits per heavy atom. The lowest BCUT2D eigenvalue weighted by molar-refractivity contribution is 0.232. The van der Waals surface area contributed by atoms with Gasteiger partial charge in [0.15, 0.2) is 5.75 Å². The van der Waals surface area contributed by atoms with Crippen LogP contribution >= 0.6 is 0 Å². The van der Waals surface area contributed by atoms with Crippen molar-refractivity contribution in [2.24, 2.45) is 0 Å². The number of anilines is 1. The molecule has 6 nitrogen and oxygen atoms in total. The lowest BCUT2D eigenvalue weighted by Crippen LogP contribution is -2.43. The molecule has 1 aliphatic heterocycles. The summed E-state index contributed by atoms with van der Waals surface area (Å²) < 4.78 is 38.9. The quantitative estimate of drug-likeness (QED) is 0.633. The molecule has 3 N–H and O–H groups in total. The minimum Gasteiger partial charge on any atom is -0.398 e. The van der Waals surface area contributed by atoms with E-state index in [9.17, 15) is 12.3 Å². The van der Waals surface area contributed by atoms with Crippen molar-refractivity contribution in [1.29, 1.82) is 0 Å². The number of hydrogen-bond donors (Lipinski definition) is 2. The van der Waals surface area contributed by atoms with Gasteiger partial charge in [0, 0.05) is 44.0 Å².